The Labute approximate surface area is 115 Å². The molecule has 5 nitrogen and oxygen atoms in total. The summed E-state index contributed by atoms with van der Waals surface area (Å²) in [5.41, 5.74) is 0.837. The predicted octanol–water partition coefficient (Wildman–Crippen LogP) is 1.57. The third kappa shape index (κ3) is 2.64. The van der Waals surface area contributed by atoms with Crippen molar-refractivity contribution in [2.24, 2.45) is 0 Å². The number of imidazole rings is 1. The molecule has 3 heterocycles. The van der Waals surface area contributed by atoms with Crippen LogP contribution < -0.4 is 0 Å². The average molecular weight is 279 g/mol. The zero-order valence-electron chi connectivity index (χ0n) is 11.1. The Bertz CT molecular complexity index is 553. The van der Waals surface area contributed by atoms with Crippen LogP contribution in [0.15, 0.2) is 17.8 Å². The first-order valence-electron chi connectivity index (χ1n) is 6.46. The first-order chi connectivity index (χ1) is 9.11. The average Bonchev–Trinajstić information content (AvgIpc) is 2.88. The molecule has 0 aliphatic carbocycles. The molecule has 0 N–H and O–H groups in total. The molecule has 3 rings (SSSR count). The molecule has 0 radical (unpaired) electrons. The van der Waals surface area contributed by atoms with Gasteiger partial charge < -0.3 is 9.64 Å². The number of aromatic nitrogens is 2. The first kappa shape index (κ1) is 12.6. The normalized spacial score (nSPS) is 24.0. The van der Waals surface area contributed by atoms with E-state index in [4.69, 9.17) is 4.74 Å². The van der Waals surface area contributed by atoms with Crippen LogP contribution in [-0.2, 0) is 16.0 Å². The van der Waals surface area contributed by atoms with Crippen LogP contribution in [0.4, 0.5) is 0 Å². The number of rotatable bonds is 2. The summed E-state index contributed by atoms with van der Waals surface area (Å²) < 4.78 is 7.60. The van der Waals surface area contributed by atoms with Crippen molar-refractivity contribution in [1.82, 2.24) is 14.3 Å². The van der Waals surface area contributed by atoms with Gasteiger partial charge >= 0.3 is 0 Å². The van der Waals surface area contributed by atoms with Gasteiger partial charge in [-0.3, -0.25) is 9.20 Å². The molecule has 1 saturated heterocycles. The van der Waals surface area contributed by atoms with Crippen LogP contribution in [0.25, 0.3) is 4.96 Å². The predicted molar refractivity (Wildman–Crippen MR) is 73.4 cm³/mol. The van der Waals surface area contributed by atoms with Gasteiger partial charge in [-0.2, -0.15) is 0 Å². The number of ether oxygens (including phenoxy) is 1. The summed E-state index contributed by atoms with van der Waals surface area (Å²) in [7, 11) is 0. The lowest BCUT2D eigenvalue weighted by Gasteiger charge is -2.35. The Kier molecular flexibility index (Phi) is 3.28. The lowest BCUT2D eigenvalue weighted by molar-refractivity contribution is -0.142. The van der Waals surface area contributed by atoms with E-state index in [1.807, 2.05) is 40.9 Å². The van der Waals surface area contributed by atoms with Crippen molar-refractivity contribution in [3.63, 3.8) is 0 Å². The number of hydrogen-bond donors (Lipinski definition) is 0. The van der Waals surface area contributed by atoms with E-state index in [0.29, 0.717) is 19.5 Å². The van der Waals surface area contributed by atoms with Crippen LogP contribution in [0.5, 0.6) is 0 Å². The molecule has 1 aliphatic rings. The second-order valence-corrected chi connectivity index (χ2v) is 5.93. The summed E-state index contributed by atoms with van der Waals surface area (Å²) in [6.45, 7) is 5.35. The van der Waals surface area contributed by atoms with E-state index in [0.717, 1.165) is 10.7 Å². The smallest absolute Gasteiger partial charge is 0.228 e. The number of carbonyl (C=O) groups is 1. The van der Waals surface area contributed by atoms with Crippen LogP contribution in [0.1, 0.15) is 19.5 Å². The van der Waals surface area contributed by atoms with E-state index < -0.39 is 0 Å². The highest BCUT2D eigenvalue weighted by atomic mass is 32.1. The Morgan fingerprint density at radius 1 is 1.47 bits per heavy atom. The minimum absolute atomic E-state index is 0.109. The van der Waals surface area contributed by atoms with Crippen LogP contribution in [-0.4, -0.2) is 45.5 Å². The highest BCUT2D eigenvalue weighted by molar-refractivity contribution is 7.15. The van der Waals surface area contributed by atoms with Gasteiger partial charge in [0, 0.05) is 30.9 Å². The fourth-order valence-corrected chi connectivity index (χ4v) is 3.23. The number of morpholine rings is 1. The van der Waals surface area contributed by atoms with Crippen molar-refractivity contribution in [3.05, 3.63) is 23.5 Å². The van der Waals surface area contributed by atoms with Crippen molar-refractivity contribution >= 4 is 22.2 Å². The van der Waals surface area contributed by atoms with Crippen LogP contribution in [0.2, 0.25) is 0 Å². The maximum absolute atomic E-state index is 12.3. The monoisotopic (exact) mass is 279 g/mol. The first-order valence-corrected chi connectivity index (χ1v) is 7.34. The minimum atomic E-state index is 0.109. The lowest BCUT2D eigenvalue weighted by Crippen LogP contribution is -2.48. The van der Waals surface area contributed by atoms with Gasteiger partial charge in [-0.15, -0.1) is 11.3 Å². The summed E-state index contributed by atoms with van der Waals surface area (Å²) >= 11 is 1.58. The van der Waals surface area contributed by atoms with Crippen molar-refractivity contribution in [2.45, 2.75) is 32.5 Å². The molecule has 6 heteroatoms. The molecule has 2 atom stereocenters. The van der Waals surface area contributed by atoms with Crippen molar-refractivity contribution in [3.8, 4) is 0 Å². The fourth-order valence-electron chi connectivity index (χ4n) is 2.51. The molecule has 1 fully saturated rings. The quantitative estimate of drug-likeness (QED) is 0.838. The van der Waals surface area contributed by atoms with Gasteiger partial charge in [-0.1, -0.05) is 0 Å². The number of fused-ring (bicyclic) bond motifs is 1. The van der Waals surface area contributed by atoms with E-state index in [1.54, 1.807) is 11.3 Å². The topological polar surface area (TPSA) is 46.8 Å². The van der Waals surface area contributed by atoms with E-state index in [2.05, 4.69) is 4.98 Å². The number of carbonyl (C=O) groups excluding carboxylic acids is 1. The molecule has 102 valence electrons. The number of thiazole rings is 1. The number of amides is 1. The SMILES string of the molecule is C[C@H]1CN(C(=O)Cc2cn3ccsc3n2)C[C@H](C)O1. The second-order valence-electron chi connectivity index (χ2n) is 5.06. The zero-order valence-corrected chi connectivity index (χ0v) is 11.9. The fraction of sp³-hybridized carbons (Fsp3) is 0.538. The number of nitrogens with zero attached hydrogens (tertiary/aromatic N) is 3. The molecule has 0 bridgehead atoms. The highest BCUT2D eigenvalue weighted by Gasteiger charge is 2.26. The molecule has 0 unspecified atom stereocenters. The Morgan fingerprint density at radius 2 is 2.21 bits per heavy atom. The van der Waals surface area contributed by atoms with Gasteiger partial charge in [0.2, 0.25) is 5.91 Å². The van der Waals surface area contributed by atoms with E-state index in [1.165, 1.54) is 0 Å². The van der Waals surface area contributed by atoms with E-state index in [-0.39, 0.29) is 18.1 Å². The largest absolute Gasteiger partial charge is 0.372 e. The maximum atomic E-state index is 12.3. The van der Waals surface area contributed by atoms with E-state index >= 15 is 0 Å². The molecule has 0 saturated carbocycles. The summed E-state index contributed by atoms with van der Waals surface area (Å²) in [5, 5.41) is 1.99. The second kappa shape index (κ2) is 4.94. The molecule has 1 amide bonds. The highest BCUT2D eigenvalue weighted by Crippen LogP contribution is 2.15. The standard InChI is InChI=1S/C13H17N3O2S/c1-9-6-16(7-10(2)18-9)12(17)5-11-8-15-3-4-19-13(15)14-11/h3-4,8-10H,5-7H2,1-2H3/t9-,10-/m0/s1. The molecular weight excluding hydrogens is 262 g/mol. The summed E-state index contributed by atoms with van der Waals surface area (Å²) in [6.07, 6.45) is 4.47. The lowest BCUT2D eigenvalue weighted by atomic mass is 10.2. The van der Waals surface area contributed by atoms with Gasteiger partial charge in [-0.25, -0.2) is 4.98 Å². The van der Waals surface area contributed by atoms with Crippen LogP contribution in [0.3, 0.4) is 0 Å². The van der Waals surface area contributed by atoms with Crippen molar-refractivity contribution in [2.75, 3.05) is 13.1 Å². The van der Waals surface area contributed by atoms with Gasteiger partial charge in [0.15, 0.2) is 4.96 Å². The summed E-state index contributed by atoms with van der Waals surface area (Å²) in [6, 6.07) is 0. The number of hydrogen-bond acceptors (Lipinski definition) is 4. The van der Waals surface area contributed by atoms with Crippen molar-refractivity contribution in [1.29, 1.82) is 0 Å². The third-order valence-electron chi connectivity index (χ3n) is 3.25. The Balaban J connectivity index is 1.69. The van der Waals surface area contributed by atoms with Crippen LogP contribution >= 0.6 is 11.3 Å². The molecule has 2 aromatic heterocycles. The Morgan fingerprint density at radius 3 is 2.89 bits per heavy atom. The molecule has 19 heavy (non-hydrogen) atoms. The molecule has 0 spiro atoms. The van der Waals surface area contributed by atoms with Gasteiger partial charge in [0.25, 0.3) is 0 Å². The Hall–Kier alpha value is -1.40. The summed E-state index contributed by atoms with van der Waals surface area (Å²) in [4.78, 5) is 19.5. The zero-order chi connectivity index (χ0) is 13.4. The molecule has 2 aromatic rings. The van der Waals surface area contributed by atoms with Crippen LogP contribution in [0, 0.1) is 0 Å². The molecule has 0 aromatic carbocycles. The van der Waals surface area contributed by atoms with Crippen molar-refractivity contribution < 1.29 is 9.53 Å². The summed E-state index contributed by atoms with van der Waals surface area (Å²) in [5.74, 6) is 0.132. The molecule has 1 aliphatic heterocycles. The van der Waals surface area contributed by atoms with Gasteiger partial charge in [-0.05, 0) is 13.8 Å². The molecular formula is C13H17N3O2S. The van der Waals surface area contributed by atoms with Gasteiger partial charge in [0.05, 0.1) is 24.3 Å². The van der Waals surface area contributed by atoms with Gasteiger partial charge in [0.1, 0.15) is 0 Å². The minimum Gasteiger partial charge on any atom is -0.372 e. The third-order valence-corrected chi connectivity index (χ3v) is 4.02. The maximum Gasteiger partial charge on any atom is 0.228 e. The van der Waals surface area contributed by atoms with E-state index in [9.17, 15) is 4.79 Å².